The highest BCUT2D eigenvalue weighted by Gasteiger charge is 2.64. The SMILES string of the molecule is CN1C(=O)NC(=O)C12CC(C#N)N(C(=O)C1C3C4C=CC(C4)C3CN1C(=O)C(NC(=O)C(F)(F)F)C(C)(C)C)C2. The first-order valence-corrected chi connectivity index (χ1v) is 13.2. The van der Waals surface area contributed by atoms with Crippen molar-refractivity contribution in [1.29, 1.82) is 5.26 Å². The molecule has 5 rings (SSSR count). The van der Waals surface area contributed by atoms with Crippen LogP contribution in [0.5, 0.6) is 0 Å². The van der Waals surface area contributed by atoms with Gasteiger partial charge >= 0.3 is 18.1 Å². The van der Waals surface area contributed by atoms with Crippen molar-refractivity contribution in [3.05, 3.63) is 12.2 Å². The number of nitriles is 1. The molecule has 11 nitrogen and oxygen atoms in total. The summed E-state index contributed by atoms with van der Waals surface area (Å²) >= 11 is 0. The van der Waals surface area contributed by atoms with Crippen LogP contribution in [0.3, 0.4) is 0 Å². The zero-order chi connectivity index (χ0) is 29.5. The van der Waals surface area contributed by atoms with E-state index >= 15 is 0 Å². The molecule has 2 bridgehead atoms. The molecule has 2 N–H and O–H groups in total. The summed E-state index contributed by atoms with van der Waals surface area (Å²) in [4.78, 5) is 68.8. The van der Waals surface area contributed by atoms with Crippen LogP contribution in [0.1, 0.15) is 33.6 Å². The lowest BCUT2D eigenvalue weighted by atomic mass is 9.81. The predicted molar refractivity (Wildman–Crippen MR) is 130 cm³/mol. The van der Waals surface area contributed by atoms with E-state index in [1.165, 1.54) is 42.5 Å². The van der Waals surface area contributed by atoms with E-state index in [9.17, 15) is 42.4 Å². The molecule has 0 aromatic heterocycles. The van der Waals surface area contributed by atoms with Gasteiger partial charge in [-0.05, 0) is 35.5 Å². The number of likely N-dealkylation sites (N-methyl/N-ethyl adjacent to an activating group) is 1. The van der Waals surface area contributed by atoms with E-state index in [-0.39, 0.29) is 43.2 Å². The van der Waals surface area contributed by atoms with Crippen molar-refractivity contribution in [3.8, 4) is 6.07 Å². The van der Waals surface area contributed by atoms with Crippen LogP contribution in [0, 0.1) is 40.4 Å². The molecule has 6 amide bonds. The molecule has 3 heterocycles. The van der Waals surface area contributed by atoms with Crippen molar-refractivity contribution in [2.24, 2.45) is 29.1 Å². The molecule has 8 atom stereocenters. The number of nitrogens with one attached hydrogen (secondary N) is 2. The number of rotatable bonds is 3. The van der Waals surface area contributed by atoms with Gasteiger partial charge in [-0.15, -0.1) is 0 Å². The van der Waals surface area contributed by atoms with Crippen molar-refractivity contribution in [1.82, 2.24) is 25.3 Å². The largest absolute Gasteiger partial charge is 0.471 e. The third kappa shape index (κ3) is 4.04. The topological polar surface area (TPSA) is 143 Å². The number of imide groups is 1. The van der Waals surface area contributed by atoms with Crippen LogP contribution in [0.2, 0.25) is 0 Å². The van der Waals surface area contributed by atoms with Gasteiger partial charge in [0.05, 0.1) is 12.6 Å². The van der Waals surface area contributed by atoms with Crippen LogP contribution >= 0.6 is 0 Å². The summed E-state index contributed by atoms with van der Waals surface area (Å²) in [6, 6.07) is -2.37. The number of halogens is 3. The molecule has 0 radical (unpaired) electrons. The molecule has 4 fully saturated rings. The summed E-state index contributed by atoms with van der Waals surface area (Å²) in [6.07, 6.45) is -0.536. The Balaban J connectivity index is 1.50. The molecular weight excluding hydrogens is 533 g/mol. The number of alkyl halides is 3. The summed E-state index contributed by atoms with van der Waals surface area (Å²) < 4.78 is 39.5. The first-order valence-electron chi connectivity index (χ1n) is 13.2. The Morgan fingerprint density at radius 3 is 2.35 bits per heavy atom. The van der Waals surface area contributed by atoms with Gasteiger partial charge in [0.2, 0.25) is 11.8 Å². The molecule has 5 aliphatic rings. The average Bonchev–Trinajstić information content (AvgIpc) is 3.66. The van der Waals surface area contributed by atoms with Gasteiger partial charge in [-0.3, -0.25) is 24.5 Å². The minimum absolute atomic E-state index is 0.0456. The second-order valence-corrected chi connectivity index (χ2v) is 12.6. The fourth-order valence-electron chi connectivity index (χ4n) is 7.24. The molecule has 2 aliphatic carbocycles. The number of carbonyl (C=O) groups is 5. The van der Waals surface area contributed by atoms with Crippen LogP contribution in [-0.2, 0) is 19.2 Å². The van der Waals surface area contributed by atoms with E-state index in [4.69, 9.17) is 0 Å². The Morgan fingerprint density at radius 1 is 1.15 bits per heavy atom. The predicted octanol–water partition coefficient (Wildman–Crippen LogP) is 0.774. The highest BCUT2D eigenvalue weighted by atomic mass is 19.4. The van der Waals surface area contributed by atoms with E-state index in [1.54, 1.807) is 0 Å². The smallest absolute Gasteiger partial charge is 0.336 e. The Labute approximate surface area is 228 Å². The van der Waals surface area contributed by atoms with E-state index in [0.717, 1.165) is 6.42 Å². The van der Waals surface area contributed by atoms with E-state index in [1.807, 2.05) is 23.5 Å². The highest BCUT2D eigenvalue weighted by molar-refractivity contribution is 6.08. The van der Waals surface area contributed by atoms with Crippen LogP contribution in [0.4, 0.5) is 18.0 Å². The lowest BCUT2D eigenvalue weighted by molar-refractivity contribution is -0.176. The number of carbonyl (C=O) groups excluding carboxylic acids is 5. The van der Waals surface area contributed by atoms with Crippen molar-refractivity contribution < 1.29 is 37.1 Å². The maximum absolute atomic E-state index is 14.3. The van der Waals surface area contributed by atoms with Crippen LogP contribution < -0.4 is 10.6 Å². The monoisotopic (exact) mass is 564 g/mol. The van der Waals surface area contributed by atoms with Crippen LogP contribution in [0.25, 0.3) is 0 Å². The Kier molecular flexibility index (Phi) is 6.24. The first kappa shape index (κ1) is 27.9. The van der Waals surface area contributed by atoms with Gasteiger partial charge in [0.15, 0.2) is 0 Å². The van der Waals surface area contributed by atoms with Gasteiger partial charge in [-0.2, -0.15) is 18.4 Å². The third-order valence-corrected chi connectivity index (χ3v) is 9.34. The number of likely N-dealkylation sites (tertiary alicyclic amines) is 2. The van der Waals surface area contributed by atoms with Gasteiger partial charge in [0.25, 0.3) is 5.91 Å². The maximum atomic E-state index is 14.3. The average molecular weight is 565 g/mol. The third-order valence-electron chi connectivity index (χ3n) is 9.34. The highest BCUT2D eigenvalue weighted by Crippen LogP contribution is 2.55. The molecule has 3 saturated heterocycles. The van der Waals surface area contributed by atoms with E-state index in [0.29, 0.717) is 0 Å². The molecule has 8 unspecified atom stereocenters. The number of hydrogen-bond donors (Lipinski definition) is 2. The van der Waals surface area contributed by atoms with Gasteiger partial charge in [0.1, 0.15) is 23.7 Å². The van der Waals surface area contributed by atoms with Crippen molar-refractivity contribution in [2.45, 2.75) is 63.5 Å². The minimum atomic E-state index is -5.21. The number of fused-ring (bicyclic) bond motifs is 5. The molecule has 1 saturated carbocycles. The normalized spacial score (nSPS) is 35.3. The summed E-state index contributed by atoms with van der Waals surface area (Å²) in [5.41, 5.74) is -2.57. The summed E-state index contributed by atoms with van der Waals surface area (Å²) in [7, 11) is 1.40. The number of hydrogen-bond acceptors (Lipinski definition) is 6. The molecule has 216 valence electrons. The number of amides is 6. The molecule has 14 heteroatoms. The lowest BCUT2D eigenvalue weighted by Gasteiger charge is -2.38. The maximum Gasteiger partial charge on any atom is 0.471 e. The van der Waals surface area contributed by atoms with Gasteiger partial charge < -0.3 is 20.0 Å². The Bertz CT molecular complexity index is 1250. The molecular formula is C26H31F3N6O5. The fraction of sp³-hybridized carbons (Fsp3) is 0.692. The molecule has 1 spiro atoms. The quantitative estimate of drug-likeness (QED) is 0.383. The van der Waals surface area contributed by atoms with Crippen molar-refractivity contribution >= 4 is 29.7 Å². The second-order valence-electron chi connectivity index (χ2n) is 12.6. The Morgan fingerprint density at radius 2 is 1.80 bits per heavy atom. The second kappa shape index (κ2) is 8.94. The molecule has 3 aliphatic heterocycles. The number of allylic oxidation sites excluding steroid dienone is 2. The standard InChI is InChI=1S/C26H31F3N6O5/c1-24(2,3)18(31-22(39)26(27,28)29)20(37)34-10-15-12-5-6-13(7-12)16(15)17(34)19(36)35-11-25(8-14(35)9-30)21(38)32-23(40)33(25)4/h5-6,12-18H,7-8,10-11H2,1-4H3,(H,31,39)(H,32,38,40). The van der Waals surface area contributed by atoms with E-state index < -0.39 is 64.9 Å². The van der Waals surface area contributed by atoms with Gasteiger partial charge in [0, 0.05) is 20.0 Å². The Hall–Kier alpha value is -3.63. The lowest BCUT2D eigenvalue weighted by Crippen LogP contribution is -2.61. The number of nitrogens with zero attached hydrogens (tertiary/aromatic N) is 4. The summed E-state index contributed by atoms with van der Waals surface area (Å²) in [6.45, 7) is 4.41. The van der Waals surface area contributed by atoms with Crippen LogP contribution in [-0.4, -0.2) is 94.3 Å². The van der Waals surface area contributed by atoms with Crippen LogP contribution in [0.15, 0.2) is 12.2 Å². The summed E-state index contributed by atoms with van der Waals surface area (Å²) in [5, 5.41) is 14.0. The summed E-state index contributed by atoms with van der Waals surface area (Å²) in [5.74, 6) is -4.71. The minimum Gasteiger partial charge on any atom is -0.336 e. The zero-order valence-electron chi connectivity index (χ0n) is 22.5. The fourth-order valence-corrected chi connectivity index (χ4v) is 7.24. The zero-order valence-corrected chi connectivity index (χ0v) is 22.5. The van der Waals surface area contributed by atoms with Gasteiger partial charge in [-0.25, -0.2) is 4.79 Å². The van der Waals surface area contributed by atoms with Gasteiger partial charge in [-0.1, -0.05) is 32.9 Å². The van der Waals surface area contributed by atoms with E-state index in [2.05, 4.69) is 5.32 Å². The number of urea groups is 1. The molecule has 40 heavy (non-hydrogen) atoms. The first-order chi connectivity index (χ1) is 18.5. The molecule has 0 aromatic carbocycles. The molecule has 0 aromatic rings. The van der Waals surface area contributed by atoms with Crippen molar-refractivity contribution in [3.63, 3.8) is 0 Å². The van der Waals surface area contributed by atoms with Crippen molar-refractivity contribution in [2.75, 3.05) is 20.1 Å².